The molecule has 0 aliphatic heterocycles. The normalized spacial score (nSPS) is 12.2. The molecule has 1 N–H and O–H groups in total. The molecule has 0 fully saturated rings. The number of pyridine rings is 1. The van der Waals surface area contributed by atoms with E-state index >= 15 is 0 Å². The molecule has 2 rings (SSSR count). The Hall–Kier alpha value is -1.94. The van der Waals surface area contributed by atoms with Crippen LogP contribution in [-0.2, 0) is 6.42 Å². The smallest absolute Gasteiger partial charge is 0.131 e. The topological polar surface area (TPSA) is 34.1 Å². The summed E-state index contributed by atoms with van der Waals surface area (Å²) < 4.78 is 19.6. The fourth-order valence-corrected chi connectivity index (χ4v) is 2.02. The average Bonchev–Trinajstić information content (AvgIpc) is 2.48. The number of hydrogen-bond donors (Lipinski definition) is 1. The lowest BCUT2D eigenvalue weighted by Crippen LogP contribution is -2.16. The maximum Gasteiger partial charge on any atom is 0.131 e. The Labute approximate surface area is 118 Å². The van der Waals surface area contributed by atoms with Gasteiger partial charge in [-0.05, 0) is 38.2 Å². The van der Waals surface area contributed by atoms with E-state index in [-0.39, 0.29) is 11.9 Å². The van der Waals surface area contributed by atoms with Crippen LogP contribution in [0.25, 0.3) is 0 Å². The van der Waals surface area contributed by atoms with Gasteiger partial charge in [-0.1, -0.05) is 12.1 Å². The van der Waals surface area contributed by atoms with Crippen molar-refractivity contribution in [2.45, 2.75) is 19.4 Å². The summed E-state index contributed by atoms with van der Waals surface area (Å²) in [6.07, 6.45) is 2.46. The lowest BCUT2D eigenvalue weighted by atomic mass is 10.1. The molecule has 1 aromatic heterocycles. The SMILES string of the molecule is CNC(C)c1c(F)cccc1OCCc1ccccn1. The highest BCUT2D eigenvalue weighted by atomic mass is 19.1. The van der Waals surface area contributed by atoms with E-state index in [0.29, 0.717) is 24.3 Å². The molecular formula is C16H19FN2O. The van der Waals surface area contributed by atoms with Crippen LogP contribution in [0, 0.1) is 5.82 Å². The Morgan fingerprint density at radius 2 is 2.10 bits per heavy atom. The lowest BCUT2D eigenvalue weighted by Gasteiger charge is -2.17. The fourth-order valence-electron chi connectivity index (χ4n) is 2.02. The minimum absolute atomic E-state index is 0.0962. The predicted octanol–water partition coefficient (Wildman–Crippen LogP) is 3.12. The third-order valence-corrected chi connectivity index (χ3v) is 3.22. The molecule has 0 amide bonds. The van der Waals surface area contributed by atoms with Gasteiger partial charge in [-0.3, -0.25) is 4.98 Å². The number of ether oxygens (including phenoxy) is 1. The third-order valence-electron chi connectivity index (χ3n) is 3.22. The second kappa shape index (κ2) is 7.01. The Balaban J connectivity index is 2.04. The van der Waals surface area contributed by atoms with Crippen molar-refractivity contribution in [3.8, 4) is 5.75 Å². The van der Waals surface area contributed by atoms with Gasteiger partial charge in [-0.2, -0.15) is 0 Å². The first-order valence-corrected chi connectivity index (χ1v) is 6.70. The summed E-state index contributed by atoms with van der Waals surface area (Å²) in [7, 11) is 1.80. The number of aromatic nitrogens is 1. The van der Waals surface area contributed by atoms with Crippen LogP contribution < -0.4 is 10.1 Å². The van der Waals surface area contributed by atoms with Crippen LogP contribution in [0.5, 0.6) is 5.75 Å². The molecule has 0 radical (unpaired) electrons. The van der Waals surface area contributed by atoms with E-state index in [4.69, 9.17) is 4.74 Å². The van der Waals surface area contributed by atoms with E-state index in [0.717, 1.165) is 5.69 Å². The van der Waals surface area contributed by atoms with Gasteiger partial charge in [0.05, 0.1) is 6.61 Å². The van der Waals surface area contributed by atoms with Crippen LogP contribution in [-0.4, -0.2) is 18.6 Å². The van der Waals surface area contributed by atoms with E-state index in [1.165, 1.54) is 6.07 Å². The molecule has 106 valence electrons. The highest BCUT2D eigenvalue weighted by molar-refractivity contribution is 5.37. The zero-order valence-electron chi connectivity index (χ0n) is 11.8. The molecule has 1 unspecified atom stereocenters. The molecule has 1 heterocycles. The average molecular weight is 274 g/mol. The number of halogens is 1. The minimum Gasteiger partial charge on any atom is -0.493 e. The molecule has 0 bridgehead atoms. The molecule has 1 atom stereocenters. The molecule has 0 saturated heterocycles. The van der Waals surface area contributed by atoms with Gasteiger partial charge < -0.3 is 10.1 Å². The Morgan fingerprint density at radius 1 is 1.25 bits per heavy atom. The van der Waals surface area contributed by atoms with Crippen molar-refractivity contribution in [2.75, 3.05) is 13.7 Å². The van der Waals surface area contributed by atoms with Crippen molar-refractivity contribution in [1.29, 1.82) is 0 Å². The minimum atomic E-state index is -0.248. The monoisotopic (exact) mass is 274 g/mol. The lowest BCUT2D eigenvalue weighted by molar-refractivity contribution is 0.311. The molecule has 0 aliphatic carbocycles. The molecule has 0 spiro atoms. The van der Waals surface area contributed by atoms with Crippen molar-refractivity contribution >= 4 is 0 Å². The van der Waals surface area contributed by atoms with E-state index in [1.54, 1.807) is 25.4 Å². The third kappa shape index (κ3) is 3.54. The second-order valence-electron chi connectivity index (χ2n) is 4.58. The summed E-state index contributed by atoms with van der Waals surface area (Å²) >= 11 is 0. The zero-order chi connectivity index (χ0) is 14.4. The van der Waals surface area contributed by atoms with Crippen LogP contribution in [0.2, 0.25) is 0 Å². The summed E-state index contributed by atoms with van der Waals surface area (Å²) in [5, 5.41) is 3.04. The maximum absolute atomic E-state index is 13.9. The quantitative estimate of drug-likeness (QED) is 0.878. The Morgan fingerprint density at radius 3 is 2.80 bits per heavy atom. The van der Waals surface area contributed by atoms with Gasteiger partial charge in [0.15, 0.2) is 0 Å². The van der Waals surface area contributed by atoms with Crippen molar-refractivity contribution in [2.24, 2.45) is 0 Å². The second-order valence-corrected chi connectivity index (χ2v) is 4.58. The summed E-state index contributed by atoms with van der Waals surface area (Å²) in [4.78, 5) is 4.23. The molecule has 1 aromatic carbocycles. The molecule has 4 heteroatoms. The van der Waals surface area contributed by atoms with Crippen molar-refractivity contribution < 1.29 is 9.13 Å². The fraction of sp³-hybridized carbons (Fsp3) is 0.312. The van der Waals surface area contributed by atoms with Gasteiger partial charge in [0.1, 0.15) is 11.6 Å². The Kier molecular flexibility index (Phi) is 5.07. The van der Waals surface area contributed by atoms with Crippen LogP contribution >= 0.6 is 0 Å². The first-order chi connectivity index (χ1) is 9.72. The van der Waals surface area contributed by atoms with Crippen molar-refractivity contribution in [3.05, 3.63) is 59.7 Å². The van der Waals surface area contributed by atoms with Crippen LogP contribution in [0.4, 0.5) is 4.39 Å². The first-order valence-electron chi connectivity index (χ1n) is 6.70. The van der Waals surface area contributed by atoms with Crippen molar-refractivity contribution in [1.82, 2.24) is 10.3 Å². The molecule has 3 nitrogen and oxygen atoms in total. The number of nitrogens with zero attached hydrogens (tertiary/aromatic N) is 1. The summed E-state index contributed by atoms with van der Waals surface area (Å²) in [6, 6.07) is 10.6. The Bertz CT molecular complexity index is 545. The highest BCUT2D eigenvalue weighted by Crippen LogP contribution is 2.27. The van der Waals surface area contributed by atoms with Crippen LogP contribution in [0.1, 0.15) is 24.2 Å². The predicted molar refractivity (Wildman–Crippen MR) is 77.3 cm³/mol. The molecule has 2 aromatic rings. The van der Waals surface area contributed by atoms with E-state index in [2.05, 4.69) is 10.3 Å². The molecule has 20 heavy (non-hydrogen) atoms. The first kappa shape index (κ1) is 14.5. The highest BCUT2D eigenvalue weighted by Gasteiger charge is 2.15. The number of rotatable bonds is 6. The summed E-state index contributed by atoms with van der Waals surface area (Å²) in [5.74, 6) is 0.338. The van der Waals surface area contributed by atoms with Gasteiger partial charge in [-0.25, -0.2) is 4.39 Å². The number of benzene rings is 1. The van der Waals surface area contributed by atoms with Crippen LogP contribution in [0.3, 0.4) is 0 Å². The van der Waals surface area contributed by atoms with Gasteiger partial charge in [0.25, 0.3) is 0 Å². The van der Waals surface area contributed by atoms with Crippen molar-refractivity contribution in [3.63, 3.8) is 0 Å². The molecule has 0 saturated carbocycles. The molecule has 0 aliphatic rings. The largest absolute Gasteiger partial charge is 0.493 e. The van der Waals surface area contributed by atoms with Gasteiger partial charge in [-0.15, -0.1) is 0 Å². The van der Waals surface area contributed by atoms with E-state index < -0.39 is 0 Å². The van der Waals surface area contributed by atoms with E-state index in [1.807, 2.05) is 25.1 Å². The summed E-state index contributed by atoms with van der Waals surface area (Å²) in [5.41, 5.74) is 1.53. The number of hydrogen-bond acceptors (Lipinski definition) is 3. The number of nitrogens with one attached hydrogen (secondary N) is 1. The van der Waals surface area contributed by atoms with E-state index in [9.17, 15) is 4.39 Å². The van der Waals surface area contributed by atoms with Gasteiger partial charge in [0, 0.05) is 29.9 Å². The standard InChI is InChI=1S/C16H19FN2O/c1-12(18-2)16-14(17)7-5-8-15(16)20-11-9-13-6-3-4-10-19-13/h3-8,10,12,18H,9,11H2,1-2H3. The summed E-state index contributed by atoms with van der Waals surface area (Å²) in [6.45, 7) is 2.38. The van der Waals surface area contributed by atoms with Gasteiger partial charge in [0.2, 0.25) is 0 Å². The zero-order valence-corrected chi connectivity index (χ0v) is 11.8. The maximum atomic E-state index is 13.9. The molecular weight excluding hydrogens is 255 g/mol. The van der Waals surface area contributed by atoms with Crippen LogP contribution in [0.15, 0.2) is 42.6 Å². The van der Waals surface area contributed by atoms with Gasteiger partial charge >= 0.3 is 0 Å².